The first-order valence-corrected chi connectivity index (χ1v) is 8.80. The SMILES string of the molecule is COc1ccc(CN(Cc2ccc(OC)cc2)c2nccc(NO)c2N)cc1. The van der Waals surface area contributed by atoms with Crippen molar-refractivity contribution in [2.24, 2.45) is 0 Å². The number of nitrogens with one attached hydrogen (secondary N) is 1. The summed E-state index contributed by atoms with van der Waals surface area (Å²) in [5.41, 5.74) is 11.3. The number of pyridine rings is 1. The van der Waals surface area contributed by atoms with Crippen LogP contribution >= 0.6 is 0 Å². The third-order valence-corrected chi connectivity index (χ3v) is 4.45. The van der Waals surface area contributed by atoms with Gasteiger partial charge in [-0.25, -0.2) is 4.98 Å². The molecule has 4 N–H and O–H groups in total. The van der Waals surface area contributed by atoms with Gasteiger partial charge < -0.3 is 20.1 Å². The summed E-state index contributed by atoms with van der Waals surface area (Å²) in [6, 6.07) is 17.3. The van der Waals surface area contributed by atoms with Gasteiger partial charge in [0.1, 0.15) is 17.2 Å². The van der Waals surface area contributed by atoms with Crippen LogP contribution in [0.4, 0.5) is 17.2 Å². The molecule has 1 heterocycles. The molecule has 0 aliphatic rings. The zero-order valence-electron chi connectivity index (χ0n) is 15.9. The molecule has 0 aliphatic carbocycles. The fraction of sp³-hybridized carbons (Fsp3) is 0.190. The quantitative estimate of drug-likeness (QED) is 0.513. The highest BCUT2D eigenvalue weighted by Gasteiger charge is 2.16. The van der Waals surface area contributed by atoms with E-state index in [-0.39, 0.29) is 0 Å². The third kappa shape index (κ3) is 4.44. The molecule has 0 unspecified atom stereocenters. The van der Waals surface area contributed by atoms with Gasteiger partial charge in [-0.2, -0.15) is 0 Å². The molecule has 0 fully saturated rings. The zero-order chi connectivity index (χ0) is 19.9. The van der Waals surface area contributed by atoms with Gasteiger partial charge >= 0.3 is 0 Å². The number of ether oxygens (including phenoxy) is 2. The van der Waals surface area contributed by atoms with E-state index in [0.717, 1.165) is 22.6 Å². The normalized spacial score (nSPS) is 10.4. The molecular formula is C21H24N4O3. The van der Waals surface area contributed by atoms with Crippen molar-refractivity contribution in [3.05, 3.63) is 71.9 Å². The Bertz CT molecular complexity index is 849. The summed E-state index contributed by atoms with van der Waals surface area (Å²) in [6.07, 6.45) is 1.61. The van der Waals surface area contributed by atoms with E-state index < -0.39 is 0 Å². The first-order valence-electron chi connectivity index (χ1n) is 8.80. The predicted molar refractivity (Wildman–Crippen MR) is 110 cm³/mol. The summed E-state index contributed by atoms with van der Waals surface area (Å²) >= 11 is 0. The molecule has 0 atom stereocenters. The Morgan fingerprint density at radius 1 is 0.893 bits per heavy atom. The van der Waals surface area contributed by atoms with E-state index in [4.69, 9.17) is 15.2 Å². The van der Waals surface area contributed by atoms with Crippen LogP contribution in [0.3, 0.4) is 0 Å². The van der Waals surface area contributed by atoms with Gasteiger partial charge in [0.25, 0.3) is 0 Å². The van der Waals surface area contributed by atoms with Gasteiger partial charge in [0.15, 0.2) is 5.82 Å². The number of methoxy groups -OCH3 is 2. The van der Waals surface area contributed by atoms with Crippen LogP contribution in [-0.4, -0.2) is 24.4 Å². The van der Waals surface area contributed by atoms with Crippen LogP contribution in [0.25, 0.3) is 0 Å². The Morgan fingerprint density at radius 3 is 1.82 bits per heavy atom. The maximum Gasteiger partial charge on any atom is 0.154 e. The molecule has 0 saturated heterocycles. The summed E-state index contributed by atoms with van der Waals surface area (Å²) in [6.45, 7) is 1.17. The van der Waals surface area contributed by atoms with Gasteiger partial charge in [0.2, 0.25) is 0 Å². The van der Waals surface area contributed by atoms with E-state index >= 15 is 0 Å². The number of nitrogen functional groups attached to an aromatic ring is 1. The standard InChI is InChI=1S/C21H24N4O3/c1-27-17-7-3-15(4-8-17)13-25(14-16-5-9-18(28-2)10-6-16)21-20(22)19(24-26)11-12-23-21/h3-12,26H,13-14,22H2,1-2H3,(H,23,24). The van der Waals surface area contributed by atoms with E-state index in [1.807, 2.05) is 48.5 Å². The van der Waals surface area contributed by atoms with Crippen LogP contribution in [0.2, 0.25) is 0 Å². The van der Waals surface area contributed by atoms with Crippen LogP contribution in [0, 0.1) is 0 Å². The second kappa shape index (κ2) is 8.96. The van der Waals surface area contributed by atoms with Crippen molar-refractivity contribution >= 4 is 17.2 Å². The number of nitrogens with zero attached hydrogens (tertiary/aromatic N) is 2. The van der Waals surface area contributed by atoms with Crippen molar-refractivity contribution in [1.82, 2.24) is 4.98 Å². The molecule has 3 rings (SSSR count). The molecule has 1 aromatic heterocycles. The van der Waals surface area contributed by atoms with E-state index in [2.05, 4.69) is 15.4 Å². The average Bonchev–Trinajstić information content (AvgIpc) is 2.74. The van der Waals surface area contributed by atoms with E-state index in [0.29, 0.717) is 30.3 Å². The maximum atomic E-state index is 9.32. The van der Waals surface area contributed by atoms with Gasteiger partial charge in [0, 0.05) is 19.3 Å². The largest absolute Gasteiger partial charge is 0.497 e. The minimum absolute atomic E-state index is 0.382. The van der Waals surface area contributed by atoms with Crippen molar-refractivity contribution in [1.29, 1.82) is 0 Å². The molecule has 0 radical (unpaired) electrons. The minimum Gasteiger partial charge on any atom is -0.497 e. The molecule has 28 heavy (non-hydrogen) atoms. The molecule has 0 spiro atoms. The zero-order valence-corrected chi connectivity index (χ0v) is 15.9. The molecule has 0 aliphatic heterocycles. The molecule has 0 bridgehead atoms. The number of hydrogen-bond donors (Lipinski definition) is 3. The monoisotopic (exact) mass is 380 g/mol. The molecule has 2 aromatic carbocycles. The molecule has 7 heteroatoms. The Hall–Kier alpha value is -3.45. The topological polar surface area (TPSA) is 92.9 Å². The maximum absolute atomic E-state index is 9.32. The molecule has 7 nitrogen and oxygen atoms in total. The fourth-order valence-corrected chi connectivity index (χ4v) is 2.92. The van der Waals surface area contributed by atoms with Gasteiger partial charge in [-0.1, -0.05) is 24.3 Å². The van der Waals surface area contributed by atoms with Crippen LogP contribution in [0.5, 0.6) is 11.5 Å². The van der Waals surface area contributed by atoms with Gasteiger partial charge in [0.05, 0.1) is 19.9 Å². The first-order chi connectivity index (χ1) is 13.6. The van der Waals surface area contributed by atoms with Crippen LogP contribution in [-0.2, 0) is 13.1 Å². The number of rotatable bonds is 8. The Balaban J connectivity index is 1.92. The van der Waals surface area contributed by atoms with Crippen LogP contribution in [0.1, 0.15) is 11.1 Å². The number of aromatic nitrogens is 1. The van der Waals surface area contributed by atoms with Gasteiger partial charge in [-0.15, -0.1) is 0 Å². The highest BCUT2D eigenvalue weighted by molar-refractivity contribution is 5.77. The summed E-state index contributed by atoms with van der Waals surface area (Å²) in [5.74, 6) is 2.19. The highest BCUT2D eigenvalue weighted by Crippen LogP contribution is 2.30. The van der Waals surface area contributed by atoms with Crippen molar-refractivity contribution in [3.63, 3.8) is 0 Å². The number of benzene rings is 2. The van der Waals surface area contributed by atoms with E-state index in [9.17, 15) is 5.21 Å². The lowest BCUT2D eigenvalue weighted by molar-refractivity contribution is 0.389. The second-order valence-electron chi connectivity index (χ2n) is 6.26. The van der Waals surface area contributed by atoms with Crippen molar-refractivity contribution in [2.75, 3.05) is 30.3 Å². The van der Waals surface area contributed by atoms with Crippen molar-refractivity contribution in [3.8, 4) is 11.5 Å². The lowest BCUT2D eigenvalue weighted by atomic mass is 10.1. The number of anilines is 3. The molecule has 3 aromatic rings. The van der Waals surface area contributed by atoms with E-state index in [1.54, 1.807) is 26.5 Å². The lowest BCUT2D eigenvalue weighted by Crippen LogP contribution is -2.24. The minimum atomic E-state index is 0.382. The Labute approximate surface area is 164 Å². The van der Waals surface area contributed by atoms with Crippen molar-refractivity contribution in [2.45, 2.75) is 13.1 Å². The molecule has 0 saturated carbocycles. The lowest BCUT2D eigenvalue weighted by Gasteiger charge is -2.26. The molecule has 0 amide bonds. The van der Waals surface area contributed by atoms with E-state index in [1.165, 1.54) is 0 Å². The summed E-state index contributed by atoms with van der Waals surface area (Å²) < 4.78 is 10.5. The summed E-state index contributed by atoms with van der Waals surface area (Å²) in [7, 11) is 3.28. The van der Waals surface area contributed by atoms with Gasteiger partial charge in [-0.05, 0) is 41.5 Å². The first kappa shape index (κ1) is 19.3. The predicted octanol–water partition coefficient (Wildman–Crippen LogP) is 3.69. The van der Waals surface area contributed by atoms with Crippen LogP contribution < -0.4 is 25.6 Å². The molecular weight excluding hydrogens is 356 g/mol. The second-order valence-corrected chi connectivity index (χ2v) is 6.26. The highest BCUT2D eigenvalue weighted by atomic mass is 16.5. The van der Waals surface area contributed by atoms with Crippen LogP contribution in [0.15, 0.2) is 60.8 Å². The smallest absolute Gasteiger partial charge is 0.154 e. The van der Waals surface area contributed by atoms with Crippen molar-refractivity contribution < 1.29 is 14.7 Å². The van der Waals surface area contributed by atoms with Gasteiger partial charge in [-0.3, -0.25) is 10.7 Å². The number of hydrogen-bond acceptors (Lipinski definition) is 7. The fourth-order valence-electron chi connectivity index (χ4n) is 2.92. The Kier molecular flexibility index (Phi) is 6.18. The third-order valence-electron chi connectivity index (χ3n) is 4.45. The summed E-state index contributed by atoms with van der Waals surface area (Å²) in [5, 5.41) is 9.32. The average molecular weight is 380 g/mol. The molecule has 146 valence electrons. The Morgan fingerprint density at radius 2 is 1.39 bits per heavy atom. The number of nitrogens with two attached hydrogens (primary N) is 1. The summed E-state index contributed by atoms with van der Waals surface area (Å²) in [4.78, 5) is 6.50.